The van der Waals surface area contributed by atoms with Crippen molar-refractivity contribution in [2.75, 3.05) is 11.9 Å². The maximum Gasteiger partial charge on any atom is 0.435 e. The van der Waals surface area contributed by atoms with Crippen molar-refractivity contribution in [2.45, 2.75) is 56.8 Å². The smallest absolute Gasteiger partial charge is 0.321 e. The van der Waals surface area contributed by atoms with E-state index in [9.17, 15) is 26.4 Å². The van der Waals surface area contributed by atoms with Gasteiger partial charge in [-0.05, 0) is 51.0 Å². The summed E-state index contributed by atoms with van der Waals surface area (Å²) < 4.78 is 66.8. The third kappa shape index (κ3) is 4.51. The molecule has 164 valence electrons. The zero-order valence-corrected chi connectivity index (χ0v) is 17.4. The number of rotatable bonds is 5. The first kappa shape index (κ1) is 22.3. The molecule has 0 radical (unpaired) electrons. The van der Waals surface area contributed by atoms with Crippen LogP contribution < -0.4 is 5.32 Å². The molecule has 0 bridgehead atoms. The van der Waals surface area contributed by atoms with Gasteiger partial charge in [-0.3, -0.25) is 9.48 Å². The summed E-state index contributed by atoms with van der Waals surface area (Å²) >= 11 is 0. The summed E-state index contributed by atoms with van der Waals surface area (Å²) in [7, 11) is -3.65. The van der Waals surface area contributed by atoms with Crippen molar-refractivity contribution in [3.63, 3.8) is 0 Å². The summed E-state index contributed by atoms with van der Waals surface area (Å²) in [6.45, 7) is 4.00. The van der Waals surface area contributed by atoms with Gasteiger partial charge in [0.2, 0.25) is 10.0 Å². The SMILES string of the molecule is CCn1nc(C(F)(F)F)cc1C(=O)Nc1ccc(S(=O)(=O)N2CCCCC2C)cc1. The zero-order valence-electron chi connectivity index (χ0n) is 16.6. The van der Waals surface area contributed by atoms with Gasteiger partial charge in [-0.15, -0.1) is 0 Å². The summed E-state index contributed by atoms with van der Waals surface area (Å²) in [5.41, 5.74) is -1.11. The van der Waals surface area contributed by atoms with Crippen LogP contribution in [0.3, 0.4) is 0 Å². The molecule has 1 amide bonds. The van der Waals surface area contributed by atoms with E-state index in [2.05, 4.69) is 10.4 Å². The molecule has 1 saturated heterocycles. The Hall–Kier alpha value is -2.40. The van der Waals surface area contributed by atoms with E-state index in [1.807, 2.05) is 6.92 Å². The van der Waals surface area contributed by atoms with Crippen LogP contribution in [0, 0.1) is 0 Å². The Kier molecular flexibility index (Phi) is 6.23. The molecule has 2 aromatic rings. The number of sulfonamides is 1. The largest absolute Gasteiger partial charge is 0.435 e. The van der Waals surface area contributed by atoms with Gasteiger partial charge >= 0.3 is 6.18 Å². The number of carbonyl (C=O) groups excluding carboxylic acids is 1. The number of hydrogen-bond acceptors (Lipinski definition) is 4. The lowest BCUT2D eigenvalue weighted by Crippen LogP contribution is -2.41. The molecular formula is C19H23F3N4O3S. The standard InChI is InChI=1S/C19H23F3N4O3S/c1-3-25-16(12-17(24-25)19(20,21)22)18(27)23-14-7-9-15(10-8-14)30(28,29)26-11-5-4-6-13(26)2/h7-10,12-13H,3-6,11H2,1-2H3,(H,23,27). The Morgan fingerprint density at radius 2 is 1.90 bits per heavy atom. The number of piperidine rings is 1. The van der Waals surface area contributed by atoms with Crippen LogP contribution in [0.25, 0.3) is 0 Å². The average molecular weight is 444 g/mol. The van der Waals surface area contributed by atoms with Crippen LogP contribution in [0.1, 0.15) is 49.3 Å². The second kappa shape index (κ2) is 8.38. The third-order valence-corrected chi connectivity index (χ3v) is 7.09. The number of alkyl halides is 3. The number of hydrogen-bond donors (Lipinski definition) is 1. The van der Waals surface area contributed by atoms with Gasteiger partial charge in [-0.2, -0.15) is 22.6 Å². The molecule has 11 heteroatoms. The molecule has 1 N–H and O–H groups in total. The molecule has 0 spiro atoms. The number of amides is 1. The average Bonchev–Trinajstić information content (AvgIpc) is 3.14. The molecule has 1 unspecified atom stereocenters. The summed E-state index contributed by atoms with van der Waals surface area (Å²) in [4.78, 5) is 12.5. The number of halogens is 3. The van der Waals surface area contributed by atoms with Crippen LogP contribution in [0.15, 0.2) is 35.2 Å². The molecular weight excluding hydrogens is 421 g/mol. The molecule has 3 rings (SSSR count). The van der Waals surface area contributed by atoms with Gasteiger partial charge in [-0.1, -0.05) is 6.42 Å². The van der Waals surface area contributed by atoms with Gasteiger partial charge in [0, 0.05) is 30.9 Å². The minimum absolute atomic E-state index is 0.0831. The van der Waals surface area contributed by atoms with Crippen molar-refractivity contribution in [1.82, 2.24) is 14.1 Å². The van der Waals surface area contributed by atoms with Crippen molar-refractivity contribution in [1.29, 1.82) is 0 Å². The molecule has 7 nitrogen and oxygen atoms in total. The van der Waals surface area contributed by atoms with E-state index < -0.39 is 27.8 Å². The number of nitrogens with zero attached hydrogens (tertiary/aromatic N) is 3. The van der Waals surface area contributed by atoms with E-state index in [-0.39, 0.29) is 28.9 Å². The lowest BCUT2D eigenvalue weighted by atomic mass is 10.1. The second-order valence-electron chi connectivity index (χ2n) is 7.17. The molecule has 2 heterocycles. The van der Waals surface area contributed by atoms with E-state index in [4.69, 9.17) is 0 Å². The van der Waals surface area contributed by atoms with Gasteiger partial charge in [0.05, 0.1) is 4.90 Å². The Morgan fingerprint density at radius 3 is 2.47 bits per heavy atom. The zero-order chi connectivity index (χ0) is 22.1. The molecule has 0 saturated carbocycles. The fourth-order valence-electron chi connectivity index (χ4n) is 3.45. The number of nitrogens with one attached hydrogen (secondary N) is 1. The van der Waals surface area contributed by atoms with Gasteiger partial charge < -0.3 is 5.32 Å². The predicted molar refractivity (Wildman–Crippen MR) is 105 cm³/mol. The van der Waals surface area contributed by atoms with E-state index in [1.165, 1.54) is 28.6 Å². The maximum atomic E-state index is 12.9. The van der Waals surface area contributed by atoms with Gasteiger partial charge in [-0.25, -0.2) is 8.42 Å². The third-order valence-electron chi connectivity index (χ3n) is 5.06. The molecule has 0 aliphatic carbocycles. The summed E-state index contributed by atoms with van der Waals surface area (Å²) in [6, 6.07) is 6.19. The van der Waals surface area contributed by atoms with Crippen molar-refractivity contribution in [3.8, 4) is 0 Å². The molecule has 1 aromatic heterocycles. The Balaban J connectivity index is 1.78. The monoisotopic (exact) mass is 444 g/mol. The molecule has 1 fully saturated rings. The van der Waals surface area contributed by atoms with E-state index >= 15 is 0 Å². The highest BCUT2D eigenvalue weighted by Gasteiger charge is 2.36. The fraction of sp³-hybridized carbons (Fsp3) is 0.474. The highest BCUT2D eigenvalue weighted by atomic mass is 32.2. The summed E-state index contributed by atoms with van der Waals surface area (Å²) in [5.74, 6) is -0.764. The summed E-state index contributed by atoms with van der Waals surface area (Å²) in [6.07, 6.45) is -2.05. The first-order valence-corrected chi connectivity index (χ1v) is 11.1. The van der Waals surface area contributed by atoms with Gasteiger partial charge in [0.1, 0.15) is 5.69 Å². The van der Waals surface area contributed by atoms with Crippen LogP contribution >= 0.6 is 0 Å². The lowest BCUT2D eigenvalue weighted by Gasteiger charge is -2.32. The number of anilines is 1. The van der Waals surface area contributed by atoms with E-state index in [0.29, 0.717) is 12.6 Å². The van der Waals surface area contributed by atoms with Crippen molar-refractivity contribution < 1.29 is 26.4 Å². The molecule has 1 aliphatic heterocycles. The Bertz CT molecular complexity index is 1020. The predicted octanol–water partition coefficient (Wildman–Crippen LogP) is 3.74. The topological polar surface area (TPSA) is 84.3 Å². The van der Waals surface area contributed by atoms with Gasteiger partial charge in [0.25, 0.3) is 5.91 Å². The number of carbonyl (C=O) groups is 1. The molecule has 1 aliphatic rings. The Labute approximate surface area is 172 Å². The molecule has 1 aromatic carbocycles. The highest BCUT2D eigenvalue weighted by Crippen LogP contribution is 2.29. The van der Waals surface area contributed by atoms with Crippen molar-refractivity contribution in [2.24, 2.45) is 0 Å². The van der Waals surface area contributed by atoms with Crippen LogP contribution in [0.5, 0.6) is 0 Å². The highest BCUT2D eigenvalue weighted by molar-refractivity contribution is 7.89. The number of aryl methyl sites for hydroxylation is 1. The van der Waals surface area contributed by atoms with E-state index in [0.717, 1.165) is 23.9 Å². The number of benzene rings is 1. The molecule has 30 heavy (non-hydrogen) atoms. The molecule has 1 atom stereocenters. The van der Waals surface area contributed by atoms with Gasteiger partial charge in [0.15, 0.2) is 5.69 Å². The lowest BCUT2D eigenvalue weighted by molar-refractivity contribution is -0.141. The van der Waals surface area contributed by atoms with E-state index in [1.54, 1.807) is 6.92 Å². The van der Waals surface area contributed by atoms with Crippen LogP contribution in [0.2, 0.25) is 0 Å². The maximum absolute atomic E-state index is 12.9. The Morgan fingerprint density at radius 1 is 1.23 bits per heavy atom. The van der Waals surface area contributed by atoms with Crippen LogP contribution in [0.4, 0.5) is 18.9 Å². The van der Waals surface area contributed by atoms with Crippen LogP contribution in [-0.2, 0) is 22.7 Å². The first-order valence-electron chi connectivity index (χ1n) is 9.62. The quantitative estimate of drug-likeness (QED) is 0.762. The first-order chi connectivity index (χ1) is 14.0. The number of aromatic nitrogens is 2. The fourth-order valence-corrected chi connectivity index (χ4v) is 5.15. The van der Waals surface area contributed by atoms with Crippen molar-refractivity contribution in [3.05, 3.63) is 41.7 Å². The second-order valence-corrected chi connectivity index (χ2v) is 9.06. The van der Waals surface area contributed by atoms with Crippen molar-refractivity contribution >= 4 is 21.6 Å². The minimum Gasteiger partial charge on any atom is -0.321 e. The van der Waals surface area contributed by atoms with Crippen LogP contribution in [-0.4, -0.2) is 41.0 Å². The normalized spacial score (nSPS) is 18.4. The minimum atomic E-state index is -4.66. The summed E-state index contributed by atoms with van der Waals surface area (Å²) in [5, 5.41) is 5.90.